The van der Waals surface area contributed by atoms with Crippen molar-refractivity contribution in [1.82, 2.24) is 9.97 Å². The van der Waals surface area contributed by atoms with Gasteiger partial charge >= 0.3 is 0 Å². The fourth-order valence-electron chi connectivity index (χ4n) is 1.54. The number of rotatable bonds is 0. The molecule has 0 aliphatic heterocycles. The Kier molecular flexibility index (Phi) is 1.76. The Bertz CT molecular complexity index is 705. The lowest BCUT2D eigenvalue weighted by molar-refractivity contribution is 1.37. The second-order valence-electron chi connectivity index (χ2n) is 3.16. The first kappa shape index (κ1) is 8.49. The minimum atomic E-state index is 0.0144. The number of thiophene rings is 1. The summed E-state index contributed by atoms with van der Waals surface area (Å²) in [5, 5.41) is 2.50. The first-order valence-electron chi connectivity index (χ1n) is 4.47. The summed E-state index contributed by atoms with van der Waals surface area (Å²) < 4.78 is 0.693. The van der Waals surface area contributed by atoms with E-state index in [0.717, 1.165) is 5.52 Å². The van der Waals surface area contributed by atoms with Gasteiger partial charge in [0, 0.05) is 6.20 Å². The zero-order valence-electron chi connectivity index (χ0n) is 7.68. The van der Waals surface area contributed by atoms with Crippen LogP contribution in [0.1, 0.15) is 0 Å². The van der Waals surface area contributed by atoms with Gasteiger partial charge in [-0.3, -0.25) is 14.8 Å². The maximum Gasteiger partial charge on any atom is 0.207 e. The van der Waals surface area contributed by atoms with Crippen molar-refractivity contribution >= 4 is 32.5 Å². The minimum absolute atomic E-state index is 0.0144. The van der Waals surface area contributed by atoms with E-state index in [2.05, 4.69) is 9.97 Å². The predicted molar refractivity (Wildman–Crippen MR) is 61.2 cm³/mol. The van der Waals surface area contributed by atoms with E-state index >= 15 is 0 Å². The molecule has 0 bridgehead atoms. The van der Waals surface area contributed by atoms with E-state index in [-0.39, 0.29) is 5.43 Å². The third-order valence-electron chi connectivity index (χ3n) is 2.26. The van der Waals surface area contributed by atoms with Crippen LogP contribution < -0.4 is 5.43 Å². The van der Waals surface area contributed by atoms with Crippen molar-refractivity contribution in [1.29, 1.82) is 0 Å². The fraction of sp³-hybridized carbons (Fsp3) is 0. The highest BCUT2D eigenvalue weighted by Gasteiger charge is 2.03. The molecule has 0 amide bonds. The monoisotopic (exact) mass is 214 g/mol. The van der Waals surface area contributed by atoms with E-state index in [0.29, 0.717) is 15.6 Å². The molecule has 3 aromatic rings. The van der Waals surface area contributed by atoms with Crippen LogP contribution in [-0.4, -0.2) is 9.97 Å². The van der Waals surface area contributed by atoms with E-state index in [1.807, 2.05) is 11.4 Å². The molecule has 0 aliphatic carbocycles. The van der Waals surface area contributed by atoms with Gasteiger partial charge in [-0.15, -0.1) is 11.3 Å². The summed E-state index contributed by atoms with van der Waals surface area (Å²) in [6, 6.07) is 5.40. The molecule has 0 radical (unpaired) electrons. The Morgan fingerprint density at radius 2 is 2.07 bits per heavy atom. The van der Waals surface area contributed by atoms with Crippen molar-refractivity contribution in [2.45, 2.75) is 0 Å². The van der Waals surface area contributed by atoms with Crippen LogP contribution >= 0.6 is 11.3 Å². The van der Waals surface area contributed by atoms with E-state index in [1.165, 1.54) is 11.3 Å². The molecule has 3 heterocycles. The number of aromatic nitrogens is 2. The molecular formula is C11H6N2OS. The fourth-order valence-corrected chi connectivity index (χ4v) is 2.33. The van der Waals surface area contributed by atoms with Crippen molar-refractivity contribution in [3.63, 3.8) is 0 Å². The summed E-state index contributed by atoms with van der Waals surface area (Å²) in [4.78, 5) is 20.4. The van der Waals surface area contributed by atoms with Crippen molar-refractivity contribution in [2.24, 2.45) is 0 Å². The Morgan fingerprint density at radius 1 is 1.13 bits per heavy atom. The number of fused-ring (bicyclic) bond motifs is 2. The highest BCUT2D eigenvalue weighted by Crippen LogP contribution is 2.15. The number of hydrogen-bond acceptors (Lipinski definition) is 4. The molecule has 3 aromatic heterocycles. The molecule has 0 unspecified atom stereocenters. The largest absolute Gasteiger partial charge is 0.288 e. The normalized spacial score (nSPS) is 10.9. The molecule has 15 heavy (non-hydrogen) atoms. The average molecular weight is 214 g/mol. The first-order valence-corrected chi connectivity index (χ1v) is 5.35. The zero-order valence-corrected chi connectivity index (χ0v) is 8.49. The molecule has 72 valence electrons. The minimum Gasteiger partial charge on any atom is -0.288 e. The number of pyridine rings is 1. The van der Waals surface area contributed by atoms with E-state index < -0.39 is 0 Å². The molecule has 0 aliphatic rings. The molecule has 4 heteroatoms. The van der Waals surface area contributed by atoms with Gasteiger partial charge in [-0.2, -0.15) is 0 Å². The van der Waals surface area contributed by atoms with Crippen molar-refractivity contribution in [3.8, 4) is 0 Å². The maximum atomic E-state index is 12.1. The molecule has 0 spiro atoms. The van der Waals surface area contributed by atoms with Gasteiger partial charge in [0.2, 0.25) is 5.43 Å². The lowest BCUT2D eigenvalue weighted by Crippen LogP contribution is -1.96. The van der Waals surface area contributed by atoms with Crippen LogP contribution in [0, 0.1) is 0 Å². The van der Waals surface area contributed by atoms with Crippen LogP contribution in [0.3, 0.4) is 0 Å². The molecule has 0 fully saturated rings. The molecule has 0 aromatic carbocycles. The Labute approximate surface area is 89.0 Å². The number of nitrogens with zero attached hydrogens (tertiary/aromatic N) is 2. The van der Waals surface area contributed by atoms with Gasteiger partial charge < -0.3 is 0 Å². The van der Waals surface area contributed by atoms with E-state index in [4.69, 9.17) is 0 Å². The van der Waals surface area contributed by atoms with Crippen LogP contribution in [0.4, 0.5) is 0 Å². The second kappa shape index (κ2) is 3.10. The lowest BCUT2D eigenvalue weighted by Gasteiger charge is -1.86. The first-order chi connectivity index (χ1) is 7.36. The topological polar surface area (TPSA) is 42.9 Å². The Morgan fingerprint density at radius 3 is 3.00 bits per heavy atom. The molecule has 3 rings (SSSR count). The molecule has 0 atom stereocenters. The van der Waals surface area contributed by atoms with Crippen LogP contribution in [0.25, 0.3) is 21.1 Å². The van der Waals surface area contributed by atoms with Gasteiger partial charge in [0.25, 0.3) is 0 Å². The quantitative estimate of drug-likeness (QED) is 0.576. The highest BCUT2D eigenvalue weighted by molar-refractivity contribution is 7.17. The van der Waals surface area contributed by atoms with Gasteiger partial charge in [-0.25, -0.2) is 0 Å². The third kappa shape index (κ3) is 1.22. The summed E-state index contributed by atoms with van der Waals surface area (Å²) in [5.41, 5.74) is 1.40. The van der Waals surface area contributed by atoms with Crippen molar-refractivity contribution in [3.05, 3.63) is 46.2 Å². The number of hydrogen-bond donors (Lipinski definition) is 0. The highest BCUT2D eigenvalue weighted by atomic mass is 32.1. The van der Waals surface area contributed by atoms with Gasteiger partial charge in [-0.1, -0.05) is 0 Å². The molecule has 0 saturated heterocycles. The average Bonchev–Trinajstić information content (AvgIpc) is 2.69. The molecular weight excluding hydrogens is 208 g/mol. The molecule has 0 N–H and O–H groups in total. The van der Waals surface area contributed by atoms with E-state index in [1.54, 1.807) is 24.5 Å². The predicted octanol–water partition coefficient (Wildman–Crippen LogP) is 2.20. The van der Waals surface area contributed by atoms with Crippen LogP contribution in [0.2, 0.25) is 0 Å². The van der Waals surface area contributed by atoms with Crippen LogP contribution in [-0.2, 0) is 0 Å². The SMILES string of the molecule is O=c1c2cccnc2cnc2ccsc12. The van der Waals surface area contributed by atoms with Crippen molar-refractivity contribution in [2.75, 3.05) is 0 Å². The van der Waals surface area contributed by atoms with Gasteiger partial charge in [0.1, 0.15) is 4.70 Å². The molecule has 0 saturated carbocycles. The van der Waals surface area contributed by atoms with Crippen LogP contribution in [0.15, 0.2) is 40.8 Å². The Balaban J connectivity index is 2.71. The van der Waals surface area contributed by atoms with Crippen LogP contribution in [0.5, 0.6) is 0 Å². The Hall–Kier alpha value is -1.81. The summed E-state index contributed by atoms with van der Waals surface area (Å²) in [7, 11) is 0. The summed E-state index contributed by atoms with van der Waals surface area (Å²) in [6.45, 7) is 0. The summed E-state index contributed by atoms with van der Waals surface area (Å²) in [6.07, 6.45) is 3.31. The molecule has 3 nitrogen and oxygen atoms in total. The van der Waals surface area contributed by atoms with Gasteiger partial charge in [0.05, 0.1) is 22.6 Å². The summed E-state index contributed by atoms with van der Waals surface area (Å²) in [5.74, 6) is 0. The zero-order chi connectivity index (χ0) is 10.3. The second-order valence-corrected chi connectivity index (χ2v) is 4.07. The van der Waals surface area contributed by atoms with Crippen molar-refractivity contribution < 1.29 is 0 Å². The maximum absolute atomic E-state index is 12.1. The lowest BCUT2D eigenvalue weighted by atomic mass is 10.3. The van der Waals surface area contributed by atoms with Gasteiger partial charge in [0.15, 0.2) is 0 Å². The smallest absolute Gasteiger partial charge is 0.207 e. The summed E-state index contributed by atoms with van der Waals surface area (Å²) >= 11 is 1.42. The third-order valence-corrected chi connectivity index (χ3v) is 3.16. The standard InChI is InChI=1S/C11H6N2OS/c14-10-7-2-1-4-12-9(7)6-13-8-3-5-15-11(8)10/h1-6H. The van der Waals surface area contributed by atoms with Gasteiger partial charge in [-0.05, 0) is 23.6 Å². The van der Waals surface area contributed by atoms with E-state index in [9.17, 15) is 4.79 Å².